The van der Waals surface area contributed by atoms with E-state index in [2.05, 4.69) is 4.98 Å². The lowest BCUT2D eigenvalue weighted by atomic mass is 10.0. The summed E-state index contributed by atoms with van der Waals surface area (Å²) in [7, 11) is -1.24. The molecule has 1 atom stereocenters. The summed E-state index contributed by atoms with van der Waals surface area (Å²) in [6.07, 6.45) is 4.09. The van der Waals surface area contributed by atoms with E-state index < -0.39 is 10.0 Å². The molecule has 6 heteroatoms. The second-order valence-corrected chi connectivity index (χ2v) is 7.34. The van der Waals surface area contributed by atoms with Gasteiger partial charge in [-0.25, -0.2) is 13.4 Å². The summed E-state index contributed by atoms with van der Waals surface area (Å²) in [6, 6.07) is 7.76. The van der Waals surface area contributed by atoms with Gasteiger partial charge in [0.1, 0.15) is 5.82 Å². The number of nitrogens with zero attached hydrogens (tertiary/aromatic N) is 3. The Morgan fingerprint density at radius 1 is 1.25 bits per heavy atom. The van der Waals surface area contributed by atoms with Crippen molar-refractivity contribution < 1.29 is 8.42 Å². The van der Waals surface area contributed by atoms with E-state index in [-0.39, 0.29) is 6.04 Å². The Kier molecular flexibility index (Phi) is 3.30. The van der Waals surface area contributed by atoms with Crippen LogP contribution in [0.5, 0.6) is 0 Å². The largest absolute Gasteiger partial charge is 0.330 e. The monoisotopic (exact) mass is 293 g/mol. The van der Waals surface area contributed by atoms with Crippen molar-refractivity contribution in [2.24, 2.45) is 7.05 Å². The van der Waals surface area contributed by atoms with Crippen molar-refractivity contribution in [3.05, 3.63) is 30.1 Å². The molecule has 0 saturated carbocycles. The third-order valence-corrected chi connectivity index (χ3v) is 5.29. The second-order valence-electron chi connectivity index (χ2n) is 5.40. The minimum Gasteiger partial charge on any atom is -0.330 e. The topological polar surface area (TPSA) is 55.2 Å². The first-order chi connectivity index (χ1) is 9.48. The maximum Gasteiger partial charge on any atom is 0.211 e. The van der Waals surface area contributed by atoms with Crippen LogP contribution in [0, 0.1) is 0 Å². The van der Waals surface area contributed by atoms with E-state index in [1.807, 2.05) is 35.9 Å². The van der Waals surface area contributed by atoms with Crippen LogP contribution in [0.4, 0.5) is 0 Å². The minimum atomic E-state index is -3.20. The number of aromatic nitrogens is 2. The molecule has 5 nitrogen and oxygen atoms in total. The quantitative estimate of drug-likeness (QED) is 0.851. The molecule has 2 aromatic rings. The van der Waals surface area contributed by atoms with Crippen LogP contribution in [0.15, 0.2) is 24.3 Å². The molecule has 1 saturated heterocycles. The van der Waals surface area contributed by atoms with Crippen molar-refractivity contribution in [3.63, 3.8) is 0 Å². The highest BCUT2D eigenvalue weighted by Gasteiger charge is 2.33. The molecule has 1 fully saturated rings. The molecule has 108 valence electrons. The number of para-hydroxylation sites is 2. The molecule has 2 heterocycles. The van der Waals surface area contributed by atoms with Crippen LogP contribution >= 0.6 is 0 Å². The number of hydrogen-bond acceptors (Lipinski definition) is 3. The third kappa shape index (κ3) is 2.23. The zero-order valence-corrected chi connectivity index (χ0v) is 12.6. The van der Waals surface area contributed by atoms with Gasteiger partial charge >= 0.3 is 0 Å². The zero-order valence-electron chi connectivity index (χ0n) is 11.8. The van der Waals surface area contributed by atoms with Crippen LogP contribution in [0.25, 0.3) is 11.0 Å². The highest BCUT2D eigenvalue weighted by atomic mass is 32.2. The first-order valence-electron chi connectivity index (χ1n) is 6.86. The lowest BCUT2D eigenvalue weighted by Crippen LogP contribution is -2.38. The molecule has 1 aliphatic heterocycles. The van der Waals surface area contributed by atoms with Gasteiger partial charge in [-0.05, 0) is 25.0 Å². The minimum absolute atomic E-state index is 0.142. The molecule has 20 heavy (non-hydrogen) atoms. The normalized spacial score (nSPS) is 21.4. The van der Waals surface area contributed by atoms with Crippen molar-refractivity contribution in [1.29, 1.82) is 0 Å². The summed E-state index contributed by atoms with van der Waals surface area (Å²) < 4.78 is 27.6. The number of aryl methyl sites for hydroxylation is 1. The second kappa shape index (κ2) is 4.86. The lowest BCUT2D eigenvalue weighted by molar-refractivity contribution is 0.245. The van der Waals surface area contributed by atoms with E-state index in [1.54, 1.807) is 4.31 Å². The number of imidazole rings is 1. The van der Waals surface area contributed by atoms with Crippen molar-refractivity contribution >= 4 is 21.1 Å². The van der Waals surface area contributed by atoms with Gasteiger partial charge in [-0.15, -0.1) is 0 Å². The molecule has 0 aliphatic carbocycles. The Morgan fingerprint density at radius 3 is 2.70 bits per heavy atom. The van der Waals surface area contributed by atoms with Crippen molar-refractivity contribution in [1.82, 2.24) is 13.9 Å². The molecule has 3 rings (SSSR count). The standard InChI is InChI=1S/C14H19N3O2S/c1-16-12-8-4-3-7-11(12)15-14(16)13-9-5-6-10-17(13)20(2,18)19/h3-4,7-8,13H,5-6,9-10H2,1-2H3/t13-/m0/s1. The van der Waals surface area contributed by atoms with E-state index in [9.17, 15) is 8.42 Å². The Labute approximate surface area is 119 Å². The highest BCUT2D eigenvalue weighted by molar-refractivity contribution is 7.88. The maximum absolute atomic E-state index is 12.0. The Balaban J connectivity index is 2.10. The summed E-state index contributed by atoms with van der Waals surface area (Å²) in [5.74, 6) is 0.844. The molecule has 1 aliphatic rings. The molecule has 0 radical (unpaired) electrons. The van der Waals surface area contributed by atoms with Crippen molar-refractivity contribution in [2.75, 3.05) is 12.8 Å². The Hall–Kier alpha value is -1.40. The lowest BCUT2D eigenvalue weighted by Gasteiger charge is -2.33. The highest BCUT2D eigenvalue weighted by Crippen LogP contribution is 2.33. The van der Waals surface area contributed by atoms with E-state index in [0.717, 1.165) is 36.1 Å². The molecule has 0 spiro atoms. The fourth-order valence-electron chi connectivity index (χ4n) is 3.02. The van der Waals surface area contributed by atoms with Crippen molar-refractivity contribution in [2.45, 2.75) is 25.3 Å². The fourth-order valence-corrected chi connectivity index (χ4v) is 4.14. The number of hydrogen-bond donors (Lipinski definition) is 0. The predicted molar refractivity (Wildman–Crippen MR) is 78.9 cm³/mol. The average molecular weight is 293 g/mol. The van der Waals surface area contributed by atoms with E-state index in [0.29, 0.717) is 6.54 Å². The van der Waals surface area contributed by atoms with Crippen LogP contribution in [0.1, 0.15) is 31.1 Å². The summed E-state index contributed by atoms with van der Waals surface area (Å²) >= 11 is 0. The summed E-state index contributed by atoms with van der Waals surface area (Å²) in [5.41, 5.74) is 1.96. The Bertz CT molecular complexity index is 736. The summed E-state index contributed by atoms with van der Waals surface area (Å²) in [4.78, 5) is 4.66. The van der Waals surface area contributed by atoms with Crippen LogP contribution < -0.4 is 0 Å². The van der Waals surface area contributed by atoms with Gasteiger partial charge in [0.15, 0.2) is 0 Å². The van der Waals surface area contributed by atoms with E-state index in [1.165, 1.54) is 6.26 Å². The van der Waals surface area contributed by atoms with Gasteiger partial charge in [0, 0.05) is 13.6 Å². The molecular weight excluding hydrogens is 274 g/mol. The van der Waals surface area contributed by atoms with E-state index >= 15 is 0 Å². The average Bonchev–Trinajstić information content (AvgIpc) is 2.76. The first kappa shape index (κ1) is 13.6. The SMILES string of the molecule is Cn1c([C@@H]2CCCCN2S(C)(=O)=O)nc2ccccc21. The van der Waals surface area contributed by atoms with Gasteiger partial charge in [-0.2, -0.15) is 4.31 Å². The smallest absolute Gasteiger partial charge is 0.211 e. The third-order valence-electron chi connectivity index (χ3n) is 4.00. The van der Waals surface area contributed by atoms with Crippen molar-refractivity contribution in [3.8, 4) is 0 Å². The first-order valence-corrected chi connectivity index (χ1v) is 8.71. The maximum atomic E-state index is 12.0. The van der Waals surface area contributed by atoms with Crippen LogP contribution in [-0.4, -0.2) is 35.1 Å². The number of rotatable bonds is 2. The van der Waals surface area contributed by atoms with Gasteiger partial charge < -0.3 is 4.57 Å². The van der Waals surface area contributed by atoms with Gasteiger partial charge in [-0.1, -0.05) is 18.6 Å². The molecule has 0 N–H and O–H groups in total. The van der Waals surface area contributed by atoms with Crippen LogP contribution in [0.2, 0.25) is 0 Å². The molecule has 1 aromatic carbocycles. The molecule has 1 aromatic heterocycles. The number of sulfonamides is 1. The van der Waals surface area contributed by atoms with E-state index in [4.69, 9.17) is 0 Å². The fraction of sp³-hybridized carbons (Fsp3) is 0.500. The van der Waals surface area contributed by atoms with Gasteiger partial charge in [-0.3, -0.25) is 0 Å². The summed E-state index contributed by atoms with van der Waals surface area (Å²) in [6.45, 7) is 0.590. The molecule has 0 bridgehead atoms. The Morgan fingerprint density at radius 2 is 2.00 bits per heavy atom. The van der Waals surface area contributed by atoms with Gasteiger partial charge in [0.2, 0.25) is 10.0 Å². The van der Waals surface area contributed by atoms with Crippen LogP contribution in [-0.2, 0) is 17.1 Å². The predicted octanol–water partition coefficient (Wildman–Crippen LogP) is 2.06. The van der Waals surface area contributed by atoms with Gasteiger partial charge in [0.05, 0.1) is 23.3 Å². The number of piperidine rings is 1. The zero-order chi connectivity index (χ0) is 14.3. The number of benzene rings is 1. The molecule has 0 unspecified atom stereocenters. The number of fused-ring (bicyclic) bond motifs is 1. The van der Waals surface area contributed by atoms with Gasteiger partial charge in [0.25, 0.3) is 0 Å². The molecular formula is C14H19N3O2S. The summed E-state index contributed by atoms with van der Waals surface area (Å²) in [5, 5.41) is 0. The molecule has 0 amide bonds. The van der Waals surface area contributed by atoms with Crippen LogP contribution in [0.3, 0.4) is 0 Å².